The van der Waals surface area contributed by atoms with E-state index in [1.54, 1.807) is 0 Å². The molecule has 708 valence electrons. The Hall–Kier alpha value is -18.9. The first-order valence-electron chi connectivity index (χ1n) is 50.9. The highest BCUT2D eigenvalue weighted by molar-refractivity contribution is 7.58. The summed E-state index contributed by atoms with van der Waals surface area (Å²) >= 11 is 0. The predicted octanol–water partition coefficient (Wildman–Crippen LogP) is 36.9. The Bertz CT molecular complexity index is 8580. The van der Waals surface area contributed by atoms with E-state index in [0.717, 1.165) is 129 Å². The van der Waals surface area contributed by atoms with Gasteiger partial charge in [-0.2, -0.15) is 8.79 Å². The second-order valence-corrected chi connectivity index (χ2v) is 39.9. The zero-order valence-corrected chi connectivity index (χ0v) is 85.2. The van der Waals surface area contributed by atoms with Gasteiger partial charge in [-0.05, 0) is 223 Å². The molecule has 0 saturated carbocycles. The van der Waals surface area contributed by atoms with Gasteiger partial charge >= 0.3 is 0 Å². The monoisotopic (exact) mass is 1950 g/mol. The van der Waals surface area contributed by atoms with E-state index >= 15 is 0 Å². The minimum Gasteiger partial charge on any atom is -0.248 e. The first kappa shape index (κ1) is 94.6. The topological polar surface area (TPSA) is 64.5 Å². The van der Waals surface area contributed by atoms with Crippen LogP contribution >= 0.6 is 8.79 Å². The molecule has 5 heterocycles. The van der Waals surface area contributed by atoms with Crippen LogP contribution in [-0.2, 0) is 0 Å². The van der Waals surface area contributed by atoms with Crippen LogP contribution < -0.4 is 5.19 Å². The number of rotatable bonds is 19. The molecule has 26 aromatic rings. The predicted molar refractivity (Wildman–Crippen MR) is 641 cm³/mol. The van der Waals surface area contributed by atoms with Crippen molar-refractivity contribution >= 4 is 66.3 Å². The smallest absolute Gasteiger partial charge is 0.0752 e. The van der Waals surface area contributed by atoms with Crippen molar-refractivity contribution in [3.8, 4) is 202 Å². The summed E-state index contributed by atoms with van der Waals surface area (Å²) < 4.78 is 0. The first-order valence-corrected chi connectivity index (χ1v) is 54.9. The summed E-state index contributed by atoms with van der Waals surface area (Å²) in [6.45, 7) is 0. The molecule has 0 bridgehead atoms. The van der Waals surface area contributed by atoms with Crippen LogP contribution in [0.25, 0.3) is 245 Å². The molecule has 0 aliphatic rings. The molecular weight excluding hydrogens is 1850 g/mol. The summed E-state index contributed by atoms with van der Waals surface area (Å²) in [6, 6.07) is 210. The highest BCUT2D eigenvalue weighted by Gasteiger charge is 2.21. The molecule has 150 heavy (non-hydrogen) atoms. The molecule has 0 fully saturated rings. The molecule has 26 rings (SSSR count). The van der Waals surface area contributed by atoms with Gasteiger partial charge in [0.2, 0.25) is 0 Å². The molecule has 1 unspecified atom stereocenters. The zero-order chi connectivity index (χ0) is 101. The summed E-state index contributed by atoms with van der Waals surface area (Å²) in [6.07, 6.45) is 0. The van der Waals surface area contributed by atoms with E-state index < -0.39 is 9.19 Å². The summed E-state index contributed by atoms with van der Waals surface area (Å²) in [5, 5.41) is 11.5. The van der Waals surface area contributed by atoms with Crippen molar-refractivity contribution < 1.29 is 0 Å². The third-order valence-electron chi connectivity index (χ3n) is 27.6. The zero-order valence-electron chi connectivity index (χ0n) is 82.6. The molecule has 5 nitrogen and oxygen atoms in total. The van der Waals surface area contributed by atoms with Gasteiger partial charge in [0.1, 0.15) is 0 Å². The van der Waals surface area contributed by atoms with Crippen LogP contribution in [0.5, 0.6) is 0 Å². The quantitative estimate of drug-likeness (QED) is 0.0459. The maximum Gasteiger partial charge on any atom is 0.0752 e. The van der Waals surface area contributed by atoms with Gasteiger partial charge in [0.15, 0.2) is 0 Å². The summed E-state index contributed by atoms with van der Waals surface area (Å²) in [5.41, 5.74) is 39.9. The summed E-state index contributed by atoms with van der Waals surface area (Å²) in [5.74, 6) is 0. The minimum atomic E-state index is -0.517. The third-order valence-corrected chi connectivity index (χ3v) is 29.9. The van der Waals surface area contributed by atoms with Gasteiger partial charge in [-0.3, -0.25) is 0 Å². The Labute approximate surface area is 880 Å². The van der Waals surface area contributed by atoms with E-state index in [0.29, 0.717) is 0 Å². The molecular formula is C143H102N5PSi. The van der Waals surface area contributed by atoms with Crippen molar-refractivity contribution in [2.45, 2.75) is 0 Å². The lowest BCUT2D eigenvalue weighted by Crippen LogP contribution is -2.09. The van der Waals surface area contributed by atoms with Crippen LogP contribution in [-0.4, -0.2) is 34.1 Å². The second kappa shape index (κ2) is 44.7. The van der Waals surface area contributed by atoms with Crippen molar-refractivity contribution in [2.75, 3.05) is 0 Å². The highest BCUT2D eigenvalue weighted by Crippen LogP contribution is 2.44. The lowest BCUT2D eigenvalue weighted by molar-refractivity contribution is 1.32. The molecule has 0 aliphatic heterocycles. The maximum atomic E-state index is 5.39. The number of hydrogen-bond acceptors (Lipinski definition) is 5. The standard InChI is InChI=1S/C51H33N.C40H31N2PSi.C29H21N.C23H17N/c1-2-14-34(15-3-1)41-32-50(39-20-12-18-35(28-39)48-30-37-16-4-6-22-42(37)44-24-8-10-26-46(44)48)52-51(33-41)40-21-13-19-36(29-40)49-31-38-17-5-7-23-43(38)45-25-9-11-27-47(45)49;43-44-36-22-32(34-24-37(28-13-5-1-6-14-28)41-38(25-34)29-15-7-2-8-16-29)21-33(23-36)35-26-39(30-17-9-3-10-18-30)42-40(27-35)31-19-11-4-12-20-31;1-4-10-22(11-5-1)23-16-18-24(19-17-23)27-20-28(25-12-6-2-7-13-25)30-29(21-27)26-14-8-3-9-15-26;1-4-10-18(11-5-1)21-16-22(19-12-6-2-7-13-19)24-23(17-21)20-14-8-3-9-15-20/h1-33H;1-27H,43-44H2;1-21H;1-17H. The number of pyridine rings is 5. The Balaban J connectivity index is 0.000000114. The molecule has 21 aromatic carbocycles. The number of hydrogen-bond donors (Lipinski definition) is 0. The van der Waals surface area contributed by atoms with Crippen LogP contribution in [0, 0.1) is 0 Å². The van der Waals surface area contributed by atoms with Gasteiger partial charge < -0.3 is 0 Å². The van der Waals surface area contributed by atoms with E-state index in [-0.39, 0.29) is 0 Å². The van der Waals surface area contributed by atoms with E-state index in [2.05, 4.69) is 518 Å². The fourth-order valence-corrected chi connectivity index (χ4v) is 21.4. The van der Waals surface area contributed by atoms with Gasteiger partial charge in [-0.15, -0.1) is 0 Å². The van der Waals surface area contributed by atoms with E-state index in [1.807, 2.05) is 84.9 Å². The van der Waals surface area contributed by atoms with E-state index in [9.17, 15) is 0 Å². The van der Waals surface area contributed by atoms with Crippen molar-refractivity contribution in [3.63, 3.8) is 0 Å². The fourth-order valence-electron chi connectivity index (χ4n) is 20.0. The van der Waals surface area contributed by atoms with E-state index in [4.69, 9.17) is 24.9 Å². The molecule has 7 heteroatoms. The van der Waals surface area contributed by atoms with Crippen molar-refractivity contribution in [2.24, 2.45) is 0 Å². The Morgan fingerprint density at radius 3 is 0.533 bits per heavy atom. The van der Waals surface area contributed by atoms with Crippen molar-refractivity contribution in [1.29, 1.82) is 0 Å². The van der Waals surface area contributed by atoms with Crippen LogP contribution in [0.1, 0.15) is 0 Å². The summed E-state index contributed by atoms with van der Waals surface area (Å²) in [4.78, 5) is 25.5. The largest absolute Gasteiger partial charge is 0.248 e. The van der Waals surface area contributed by atoms with Crippen molar-refractivity contribution in [1.82, 2.24) is 24.9 Å². The van der Waals surface area contributed by atoms with Crippen LogP contribution in [0.2, 0.25) is 0 Å². The molecule has 0 radical (unpaired) electrons. The first-order chi connectivity index (χ1) is 74.3. The maximum absolute atomic E-state index is 5.39. The van der Waals surface area contributed by atoms with Crippen LogP contribution in [0.4, 0.5) is 0 Å². The average Bonchev–Trinajstić information content (AvgIpc) is 0.759. The lowest BCUT2D eigenvalue weighted by atomic mass is 9.91. The normalized spacial score (nSPS) is 11.1. The number of fused-ring (bicyclic) bond motifs is 6. The van der Waals surface area contributed by atoms with Gasteiger partial charge in [0, 0.05) is 55.6 Å². The minimum absolute atomic E-state index is 0.517. The molecule has 1 atom stereocenters. The SMILES string of the molecule is P[SiH2]c1cc(-c2cc(-c3ccccc3)nc(-c3ccccc3)c2)cc(-c2cc(-c3ccccc3)nc(-c3ccccc3)c2)c1.c1ccc(-c2cc(-c3cccc(-c4cc5ccccc5c5ccccc45)c3)nc(-c3cccc(-c4cc5ccccc5c5ccccc45)c3)c2)cc1.c1ccc(-c2cc(-c3ccccc3)nc(-c3ccccc3)c2)cc1.c1ccc(-c2ccc(-c3cc(-c4ccccc4)nc(-c4ccccc4)c3)cc2)cc1. The lowest BCUT2D eigenvalue weighted by Gasteiger charge is -2.15. The van der Waals surface area contributed by atoms with Gasteiger partial charge in [0.05, 0.1) is 66.1 Å². The Morgan fingerprint density at radius 1 is 0.113 bits per heavy atom. The van der Waals surface area contributed by atoms with Gasteiger partial charge in [-0.1, -0.05) is 509 Å². The van der Waals surface area contributed by atoms with E-state index in [1.165, 1.54) is 121 Å². The molecule has 0 amide bonds. The van der Waals surface area contributed by atoms with Crippen molar-refractivity contribution in [3.05, 3.63) is 595 Å². The Morgan fingerprint density at radius 2 is 0.280 bits per heavy atom. The second-order valence-electron chi connectivity index (χ2n) is 37.4. The van der Waals surface area contributed by atoms with Gasteiger partial charge in [0.25, 0.3) is 0 Å². The Kier molecular flexibility index (Phi) is 28.2. The van der Waals surface area contributed by atoms with Crippen LogP contribution in [0.3, 0.4) is 0 Å². The number of aromatic nitrogens is 5. The fraction of sp³-hybridized carbons (Fsp3) is 0. The molecule has 0 spiro atoms. The molecule has 0 aliphatic carbocycles. The van der Waals surface area contributed by atoms with Crippen LogP contribution in [0.15, 0.2) is 595 Å². The molecule has 5 aromatic heterocycles. The number of benzene rings is 21. The number of nitrogens with zero attached hydrogens (tertiary/aromatic N) is 5. The summed E-state index contributed by atoms with van der Waals surface area (Å²) in [7, 11) is 2.52. The molecule has 0 saturated heterocycles. The van der Waals surface area contributed by atoms with Gasteiger partial charge in [-0.25, -0.2) is 24.9 Å². The average molecular weight is 1950 g/mol. The third kappa shape index (κ3) is 21.6. The highest BCUT2D eigenvalue weighted by atomic mass is 31.3. The molecule has 0 N–H and O–H groups in total.